The summed E-state index contributed by atoms with van der Waals surface area (Å²) in [6.07, 6.45) is 0. The minimum absolute atomic E-state index is 0.389. The van der Waals surface area contributed by atoms with Crippen LogP contribution in [0.5, 0.6) is 5.75 Å². The van der Waals surface area contributed by atoms with E-state index < -0.39 is 0 Å². The summed E-state index contributed by atoms with van der Waals surface area (Å²) < 4.78 is 9.62. The first kappa shape index (κ1) is 11.2. The predicted octanol–water partition coefficient (Wildman–Crippen LogP) is 2.73. The highest BCUT2D eigenvalue weighted by atomic mass is 35.7. The Morgan fingerprint density at radius 1 is 1.43 bits per heavy atom. The molecule has 3 nitrogen and oxygen atoms in total. The number of carbonyl (C=O) groups is 1. The van der Waals surface area contributed by atoms with Gasteiger partial charge in [-0.05, 0) is 39.9 Å². The SMILES string of the molecule is COC(=O)c1ccc(OC)c(SCl)c1. The summed E-state index contributed by atoms with van der Waals surface area (Å²) in [7, 11) is 9.50. The van der Waals surface area contributed by atoms with Gasteiger partial charge in [-0.3, -0.25) is 0 Å². The first-order chi connectivity index (χ1) is 6.72. The third-order valence-electron chi connectivity index (χ3n) is 1.67. The van der Waals surface area contributed by atoms with E-state index in [0.29, 0.717) is 16.2 Å². The quantitative estimate of drug-likeness (QED) is 0.751. The average Bonchev–Trinajstić information content (AvgIpc) is 2.26. The van der Waals surface area contributed by atoms with E-state index in [9.17, 15) is 4.79 Å². The van der Waals surface area contributed by atoms with Gasteiger partial charge in [0, 0.05) is 0 Å². The molecule has 1 aromatic carbocycles. The van der Waals surface area contributed by atoms with Gasteiger partial charge >= 0.3 is 5.97 Å². The smallest absolute Gasteiger partial charge is 0.337 e. The van der Waals surface area contributed by atoms with E-state index in [1.165, 1.54) is 7.11 Å². The number of carbonyl (C=O) groups excluding carboxylic acids is 1. The molecule has 0 amide bonds. The van der Waals surface area contributed by atoms with Gasteiger partial charge in [-0.15, -0.1) is 0 Å². The maximum Gasteiger partial charge on any atom is 0.337 e. The lowest BCUT2D eigenvalue weighted by atomic mass is 10.2. The van der Waals surface area contributed by atoms with Gasteiger partial charge in [-0.25, -0.2) is 4.79 Å². The Balaban J connectivity index is 3.07. The third kappa shape index (κ3) is 2.33. The van der Waals surface area contributed by atoms with E-state index in [1.54, 1.807) is 25.3 Å². The fraction of sp³-hybridized carbons (Fsp3) is 0.222. The van der Waals surface area contributed by atoms with Crippen molar-refractivity contribution in [3.63, 3.8) is 0 Å². The number of hydrogen-bond donors (Lipinski definition) is 0. The van der Waals surface area contributed by atoms with Crippen molar-refractivity contribution < 1.29 is 14.3 Å². The second kappa shape index (κ2) is 5.12. The summed E-state index contributed by atoms with van der Waals surface area (Å²) in [5, 5.41) is 0. The maximum atomic E-state index is 11.2. The number of benzene rings is 1. The van der Waals surface area contributed by atoms with E-state index in [0.717, 1.165) is 11.0 Å². The van der Waals surface area contributed by atoms with Crippen LogP contribution in [0.15, 0.2) is 23.1 Å². The molecule has 0 unspecified atom stereocenters. The van der Waals surface area contributed by atoms with E-state index in [2.05, 4.69) is 4.74 Å². The number of esters is 1. The van der Waals surface area contributed by atoms with Crippen molar-refractivity contribution >= 4 is 27.6 Å². The Morgan fingerprint density at radius 2 is 2.14 bits per heavy atom. The summed E-state index contributed by atoms with van der Waals surface area (Å²) in [5.41, 5.74) is 0.455. The van der Waals surface area contributed by atoms with Crippen LogP contribution in [0.3, 0.4) is 0 Å². The van der Waals surface area contributed by atoms with Crippen molar-refractivity contribution in [3.05, 3.63) is 23.8 Å². The molecule has 0 aliphatic heterocycles. The number of halogens is 1. The molecule has 0 aliphatic carbocycles. The van der Waals surface area contributed by atoms with Crippen LogP contribution >= 0.6 is 21.7 Å². The van der Waals surface area contributed by atoms with Crippen molar-refractivity contribution in [2.75, 3.05) is 14.2 Å². The maximum absolute atomic E-state index is 11.2. The highest BCUT2D eigenvalue weighted by Crippen LogP contribution is 2.32. The summed E-state index contributed by atoms with van der Waals surface area (Å²) >= 11 is 0. The average molecular weight is 233 g/mol. The minimum Gasteiger partial charge on any atom is -0.496 e. The lowest BCUT2D eigenvalue weighted by molar-refractivity contribution is 0.0600. The van der Waals surface area contributed by atoms with E-state index >= 15 is 0 Å². The summed E-state index contributed by atoms with van der Waals surface area (Å²) in [5.74, 6) is 0.247. The molecule has 1 rings (SSSR count). The van der Waals surface area contributed by atoms with Gasteiger partial charge in [-0.1, -0.05) is 0 Å². The first-order valence-corrected chi connectivity index (χ1v) is 5.42. The van der Waals surface area contributed by atoms with E-state index in [4.69, 9.17) is 15.4 Å². The summed E-state index contributed by atoms with van der Waals surface area (Å²) in [6, 6.07) is 4.93. The zero-order valence-electron chi connectivity index (χ0n) is 7.74. The Morgan fingerprint density at radius 3 is 2.64 bits per heavy atom. The van der Waals surface area contributed by atoms with Crippen molar-refractivity contribution in [2.45, 2.75) is 4.90 Å². The van der Waals surface area contributed by atoms with Gasteiger partial charge in [0.1, 0.15) is 5.75 Å². The molecular weight excluding hydrogens is 224 g/mol. The van der Waals surface area contributed by atoms with Gasteiger partial charge in [0.15, 0.2) is 0 Å². The molecule has 0 saturated carbocycles. The Bertz CT molecular complexity index is 341. The Hall–Kier alpha value is -0.870. The second-order valence-corrected chi connectivity index (χ2v) is 3.49. The Kier molecular flexibility index (Phi) is 4.10. The molecule has 0 aromatic heterocycles. The monoisotopic (exact) mass is 232 g/mol. The van der Waals surface area contributed by atoms with Crippen molar-refractivity contribution in [2.24, 2.45) is 0 Å². The Labute approximate surface area is 90.8 Å². The molecular formula is C9H9ClO3S. The van der Waals surface area contributed by atoms with Crippen LogP contribution in [0.2, 0.25) is 0 Å². The van der Waals surface area contributed by atoms with Gasteiger partial charge < -0.3 is 9.47 Å². The summed E-state index contributed by atoms with van der Waals surface area (Å²) in [6.45, 7) is 0. The molecule has 1 aromatic rings. The molecule has 0 N–H and O–H groups in total. The van der Waals surface area contributed by atoms with Crippen LogP contribution in [0.1, 0.15) is 10.4 Å². The fourth-order valence-electron chi connectivity index (χ4n) is 0.982. The van der Waals surface area contributed by atoms with Crippen LogP contribution in [0.25, 0.3) is 0 Å². The second-order valence-electron chi connectivity index (χ2n) is 2.43. The molecule has 5 heteroatoms. The van der Waals surface area contributed by atoms with Crippen molar-refractivity contribution in [1.29, 1.82) is 0 Å². The first-order valence-electron chi connectivity index (χ1n) is 3.78. The predicted molar refractivity (Wildman–Crippen MR) is 56.0 cm³/mol. The molecule has 0 saturated heterocycles. The minimum atomic E-state index is -0.389. The molecule has 0 heterocycles. The van der Waals surface area contributed by atoms with Crippen molar-refractivity contribution in [1.82, 2.24) is 0 Å². The zero-order chi connectivity index (χ0) is 10.6. The standard InChI is InChI=1S/C9H9ClO3S/c1-12-7-4-3-6(9(11)13-2)5-8(7)14-10/h3-5H,1-2H3. The largest absolute Gasteiger partial charge is 0.496 e. The molecule has 14 heavy (non-hydrogen) atoms. The molecule has 0 bridgehead atoms. The third-order valence-corrected chi connectivity index (χ3v) is 2.65. The molecule has 0 fully saturated rings. The number of methoxy groups -OCH3 is 2. The molecule has 0 spiro atoms. The normalized spacial score (nSPS) is 9.64. The molecule has 76 valence electrons. The lowest BCUT2D eigenvalue weighted by Crippen LogP contribution is -2.01. The fourth-order valence-corrected chi connectivity index (χ4v) is 1.74. The zero-order valence-corrected chi connectivity index (χ0v) is 9.32. The summed E-state index contributed by atoms with van der Waals surface area (Å²) in [4.78, 5) is 11.9. The van der Waals surface area contributed by atoms with E-state index in [1.807, 2.05) is 0 Å². The van der Waals surface area contributed by atoms with Crippen LogP contribution in [-0.4, -0.2) is 20.2 Å². The number of hydrogen-bond acceptors (Lipinski definition) is 4. The van der Waals surface area contributed by atoms with Gasteiger partial charge in [-0.2, -0.15) is 0 Å². The van der Waals surface area contributed by atoms with Crippen LogP contribution in [-0.2, 0) is 4.74 Å². The van der Waals surface area contributed by atoms with E-state index in [-0.39, 0.29) is 5.97 Å². The molecule has 0 radical (unpaired) electrons. The topological polar surface area (TPSA) is 35.5 Å². The highest BCUT2D eigenvalue weighted by molar-refractivity contribution is 8.21. The number of ether oxygens (including phenoxy) is 2. The van der Waals surface area contributed by atoms with Crippen LogP contribution < -0.4 is 4.74 Å². The lowest BCUT2D eigenvalue weighted by Gasteiger charge is -2.06. The van der Waals surface area contributed by atoms with Gasteiger partial charge in [0.25, 0.3) is 0 Å². The van der Waals surface area contributed by atoms with Gasteiger partial charge in [0.05, 0.1) is 24.7 Å². The molecule has 0 aliphatic rings. The van der Waals surface area contributed by atoms with Crippen molar-refractivity contribution in [3.8, 4) is 5.75 Å². The van der Waals surface area contributed by atoms with Crippen LogP contribution in [0.4, 0.5) is 0 Å². The highest BCUT2D eigenvalue weighted by Gasteiger charge is 2.09. The molecule has 0 atom stereocenters. The number of rotatable bonds is 3. The van der Waals surface area contributed by atoms with Gasteiger partial charge in [0.2, 0.25) is 0 Å². The van der Waals surface area contributed by atoms with Crippen LogP contribution in [0, 0.1) is 0 Å².